The molecule has 0 aliphatic carbocycles. The Morgan fingerprint density at radius 3 is 2.75 bits per heavy atom. The van der Waals surface area contributed by atoms with E-state index in [1.54, 1.807) is 6.26 Å². The Hall–Kier alpha value is -0.970. The highest BCUT2D eigenvalue weighted by Crippen LogP contribution is 2.19. The lowest BCUT2D eigenvalue weighted by Gasteiger charge is -2.26. The van der Waals surface area contributed by atoms with Gasteiger partial charge in [-0.25, -0.2) is 0 Å². The number of nitrogens with one attached hydrogen (secondary N) is 1. The molecule has 2 aromatic rings. The normalized spacial score (nSPS) is 15.4. The molecule has 0 fully saturated rings. The summed E-state index contributed by atoms with van der Waals surface area (Å²) < 4.78 is 20.3. The van der Waals surface area contributed by atoms with Crippen LogP contribution >= 0.6 is 0 Å². The molecule has 20 heavy (non-hydrogen) atoms. The van der Waals surface area contributed by atoms with Crippen molar-refractivity contribution < 1.29 is 8.97 Å². The van der Waals surface area contributed by atoms with E-state index in [1.807, 2.05) is 32.9 Å². The highest BCUT2D eigenvalue weighted by atomic mass is 32.2. The van der Waals surface area contributed by atoms with Crippen LogP contribution in [0.4, 0.5) is 0 Å². The van der Waals surface area contributed by atoms with Gasteiger partial charge in [-0.3, -0.25) is 0 Å². The van der Waals surface area contributed by atoms with E-state index in [1.165, 1.54) is 5.56 Å². The maximum Gasteiger partial charge on any atom is 0.136 e. The summed E-state index contributed by atoms with van der Waals surface area (Å²) in [7, 11) is 0. The molecule has 0 amide bonds. The fraction of sp³-hybridized carbons (Fsp3) is 0.500. The van der Waals surface area contributed by atoms with Gasteiger partial charge >= 0.3 is 0 Å². The van der Waals surface area contributed by atoms with Crippen molar-refractivity contribution >= 4 is 22.3 Å². The molecule has 4 heteroatoms. The Kier molecular flexibility index (Phi) is 4.78. The van der Waals surface area contributed by atoms with Crippen molar-refractivity contribution in [2.45, 2.75) is 51.3 Å². The molecule has 2 atom stereocenters. The number of aryl methyl sites for hydroxylation is 1. The summed E-state index contributed by atoms with van der Waals surface area (Å²) in [4.78, 5) is 0. The van der Waals surface area contributed by atoms with Gasteiger partial charge in [-0.1, -0.05) is 6.07 Å². The van der Waals surface area contributed by atoms with Crippen LogP contribution in [0, 0.1) is 0 Å². The standard InChI is InChI=1S/C16H23NO2S/c1-12(17-20(18)16(2,3)4)5-6-13-7-8-15-14(11-13)9-10-19-15/h7-12,17H,5-6H2,1-4H3/t12-,20?/m0/s1. The molecule has 1 aromatic heterocycles. The summed E-state index contributed by atoms with van der Waals surface area (Å²) in [6.07, 6.45) is 3.65. The minimum absolute atomic E-state index is 0.218. The average molecular weight is 293 g/mol. The first-order chi connectivity index (χ1) is 9.36. The van der Waals surface area contributed by atoms with Crippen LogP contribution < -0.4 is 4.72 Å². The maximum absolute atomic E-state index is 12.0. The molecule has 0 aliphatic heterocycles. The van der Waals surface area contributed by atoms with E-state index in [-0.39, 0.29) is 10.8 Å². The van der Waals surface area contributed by atoms with Gasteiger partial charge in [-0.15, -0.1) is 4.72 Å². The zero-order valence-corrected chi connectivity index (χ0v) is 13.4. The van der Waals surface area contributed by atoms with E-state index >= 15 is 0 Å². The van der Waals surface area contributed by atoms with Gasteiger partial charge in [0.1, 0.15) is 10.3 Å². The van der Waals surface area contributed by atoms with Gasteiger partial charge in [0.05, 0.1) is 12.3 Å². The van der Waals surface area contributed by atoms with Crippen molar-refractivity contribution in [1.82, 2.24) is 4.72 Å². The van der Waals surface area contributed by atoms with Gasteiger partial charge < -0.3 is 8.97 Å². The number of hydrogen-bond donors (Lipinski definition) is 1. The average Bonchev–Trinajstić information content (AvgIpc) is 2.82. The summed E-state index contributed by atoms with van der Waals surface area (Å²) in [5, 5.41) is 1.14. The van der Waals surface area contributed by atoms with E-state index in [2.05, 4.69) is 23.8 Å². The van der Waals surface area contributed by atoms with Crippen LogP contribution in [0.2, 0.25) is 0 Å². The summed E-state index contributed by atoms with van der Waals surface area (Å²) in [5.41, 5.74) is 2.21. The molecule has 1 heterocycles. The van der Waals surface area contributed by atoms with Crippen LogP contribution in [0.3, 0.4) is 0 Å². The Bertz CT molecular complexity index is 559. The molecule has 0 spiro atoms. The Morgan fingerprint density at radius 1 is 1.30 bits per heavy atom. The van der Waals surface area contributed by atoms with Gasteiger partial charge in [0.2, 0.25) is 0 Å². The van der Waals surface area contributed by atoms with Gasteiger partial charge in [0.25, 0.3) is 0 Å². The van der Waals surface area contributed by atoms with Crippen molar-refractivity contribution in [3.8, 4) is 0 Å². The first kappa shape index (κ1) is 15.4. The predicted molar refractivity (Wildman–Crippen MR) is 85.0 cm³/mol. The van der Waals surface area contributed by atoms with Gasteiger partial charge in [0, 0.05) is 16.7 Å². The lowest BCUT2D eigenvalue weighted by atomic mass is 10.1. The molecule has 110 valence electrons. The van der Waals surface area contributed by atoms with Gasteiger partial charge in [-0.2, -0.15) is 0 Å². The van der Waals surface area contributed by atoms with Gasteiger partial charge in [-0.05, 0) is 64.3 Å². The lowest BCUT2D eigenvalue weighted by Crippen LogP contribution is -2.43. The number of furan rings is 1. The zero-order chi connectivity index (χ0) is 14.8. The van der Waals surface area contributed by atoms with E-state index in [0.717, 1.165) is 23.8 Å². The largest absolute Gasteiger partial charge is 0.598 e. The predicted octanol–water partition coefficient (Wildman–Crippen LogP) is 3.81. The lowest BCUT2D eigenvalue weighted by molar-refractivity contribution is 0.517. The molecule has 1 N–H and O–H groups in total. The minimum atomic E-state index is -1.01. The first-order valence-corrected chi connectivity index (χ1v) is 8.15. The topological polar surface area (TPSA) is 48.2 Å². The molecule has 3 nitrogen and oxygen atoms in total. The fourth-order valence-electron chi connectivity index (χ4n) is 1.97. The Labute approximate surface area is 124 Å². The summed E-state index contributed by atoms with van der Waals surface area (Å²) >= 11 is -1.01. The fourth-order valence-corrected chi connectivity index (χ4v) is 2.81. The van der Waals surface area contributed by atoms with Crippen LogP contribution in [-0.2, 0) is 17.8 Å². The minimum Gasteiger partial charge on any atom is -0.598 e. The van der Waals surface area contributed by atoms with E-state index < -0.39 is 11.4 Å². The zero-order valence-electron chi connectivity index (χ0n) is 12.6. The van der Waals surface area contributed by atoms with E-state index in [9.17, 15) is 4.55 Å². The second-order valence-corrected chi connectivity index (χ2v) is 8.23. The van der Waals surface area contributed by atoms with Gasteiger partial charge in [0.15, 0.2) is 0 Å². The summed E-state index contributed by atoms with van der Waals surface area (Å²) in [5.74, 6) is 0. The SMILES string of the molecule is C[C@@H](CCc1ccc2occc2c1)N[S+]([O-])C(C)(C)C. The van der Waals surface area contributed by atoms with Crippen LogP contribution in [0.25, 0.3) is 11.0 Å². The molecular formula is C16H23NO2S. The number of benzene rings is 1. The maximum atomic E-state index is 12.0. The summed E-state index contributed by atoms with van der Waals surface area (Å²) in [6, 6.07) is 8.48. The molecule has 0 bridgehead atoms. The van der Waals surface area contributed by atoms with Crippen LogP contribution in [0.15, 0.2) is 34.9 Å². The second-order valence-electron chi connectivity index (χ2n) is 6.23. The van der Waals surface area contributed by atoms with Crippen molar-refractivity contribution in [2.24, 2.45) is 0 Å². The molecule has 1 unspecified atom stereocenters. The molecular weight excluding hydrogens is 270 g/mol. The second kappa shape index (κ2) is 6.20. The van der Waals surface area contributed by atoms with E-state index in [4.69, 9.17) is 4.42 Å². The molecule has 0 radical (unpaired) electrons. The molecule has 0 aliphatic rings. The highest BCUT2D eigenvalue weighted by Gasteiger charge is 2.27. The third-order valence-corrected chi connectivity index (χ3v) is 4.98. The van der Waals surface area contributed by atoms with E-state index in [0.29, 0.717) is 0 Å². The number of fused-ring (bicyclic) bond motifs is 1. The summed E-state index contributed by atoms with van der Waals surface area (Å²) in [6.45, 7) is 8.03. The molecule has 1 aromatic carbocycles. The quantitative estimate of drug-likeness (QED) is 0.853. The smallest absolute Gasteiger partial charge is 0.136 e. The Morgan fingerprint density at radius 2 is 2.05 bits per heavy atom. The van der Waals surface area contributed by atoms with Crippen molar-refractivity contribution in [3.63, 3.8) is 0 Å². The molecule has 2 rings (SSSR count). The Balaban J connectivity index is 1.88. The van der Waals surface area contributed by atoms with Crippen molar-refractivity contribution in [1.29, 1.82) is 0 Å². The number of rotatable bonds is 5. The third-order valence-electron chi connectivity index (χ3n) is 3.25. The molecule has 0 saturated heterocycles. The monoisotopic (exact) mass is 293 g/mol. The number of hydrogen-bond acceptors (Lipinski definition) is 3. The van der Waals surface area contributed by atoms with Crippen LogP contribution in [0.5, 0.6) is 0 Å². The highest BCUT2D eigenvalue weighted by molar-refractivity contribution is 7.90. The van der Waals surface area contributed by atoms with Crippen LogP contribution in [-0.4, -0.2) is 15.3 Å². The van der Waals surface area contributed by atoms with Crippen LogP contribution in [0.1, 0.15) is 39.7 Å². The van der Waals surface area contributed by atoms with Crippen molar-refractivity contribution in [3.05, 3.63) is 36.1 Å². The molecule has 0 saturated carbocycles. The first-order valence-electron chi connectivity index (χ1n) is 7.00. The third kappa shape index (κ3) is 4.01. The van der Waals surface area contributed by atoms with Crippen molar-refractivity contribution in [2.75, 3.05) is 0 Å².